The van der Waals surface area contributed by atoms with Gasteiger partial charge < -0.3 is 10.6 Å². The van der Waals surface area contributed by atoms with Crippen molar-refractivity contribution in [3.8, 4) is 6.07 Å². The van der Waals surface area contributed by atoms with Gasteiger partial charge in [0, 0.05) is 42.8 Å². The number of fused-ring (bicyclic) bond motifs is 2. The highest BCUT2D eigenvalue weighted by Crippen LogP contribution is 2.41. The fourth-order valence-electron chi connectivity index (χ4n) is 7.00. The first-order valence-electron chi connectivity index (χ1n) is 14.7. The third kappa shape index (κ3) is 5.12. The molecule has 3 fully saturated rings. The molecule has 2 N–H and O–H groups in total. The zero-order valence-corrected chi connectivity index (χ0v) is 23.4. The molecule has 204 valence electrons. The molecule has 1 aromatic heterocycles. The zero-order chi connectivity index (χ0) is 26.9. The monoisotopic (exact) mass is 518 g/mol. The van der Waals surface area contributed by atoms with E-state index < -0.39 is 6.17 Å². The van der Waals surface area contributed by atoms with E-state index in [1.165, 1.54) is 36.1 Å². The SMILES string of the molecule is CC12CCCN1CC(F)C2.CCCc1ccc(N)c(C#N)c1C1CCc2c(nc(CC)nc2N2CCC2)C1. The van der Waals surface area contributed by atoms with Gasteiger partial charge in [0.1, 0.15) is 23.9 Å². The van der Waals surface area contributed by atoms with Crippen molar-refractivity contribution in [1.29, 1.82) is 5.26 Å². The Morgan fingerprint density at radius 3 is 2.66 bits per heavy atom. The largest absolute Gasteiger partial charge is 0.398 e. The van der Waals surface area contributed by atoms with Crippen molar-refractivity contribution >= 4 is 11.5 Å². The number of benzene rings is 1. The lowest BCUT2D eigenvalue weighted by Crippen LogP contribution is -2.39. The molecule has 2 aromatic rings. The number of hydrogen-bond donors (Lipinski definition) is 1. The van der Waals surface area contributed by atoms with Crippen molar-refractivity contribution < 1.29 is 4.39 Å². The summed E-state index contributed by atoms with van der Waals surface area (Å²) in [6.45, 7) is 10.5. The summed E-state index contributed by atoms with van der Waals surface area (Å²) in [5.74, 6) is 2.40. The highest BCUT2D eigenvalue weighted by Gasteiger charge is 2.44. The molecule has 0 radical (unpaired) electrons. The molecule has 0 amide bonds. The smallest absolute Gasteiger partial charge is 0.135 e. The Hall–Kier alpha value is -2.72. The lowest BCUT2D eigenvalue weighted by Gasteiger charge is -2.36. The molecule has 6 rings (SSSR count). The molecule has 1 aromatic carbocycles. The number of nitriles is 1. The molecule has 0 spiro atoms. The number of hydrogen-bond acceptors (Lipinski definition) is 6. The van der Waals surface area contributed by atoms with Gasteiger partial charge in [-0.25, -0.2) is 14.4 Å². The normalized spacial score (nSPS) is 26.1. The molecule has 38 heavy (non-hydrogen) atoms. The van der Waals surface area contributed by atoms with Crippen LogP contribution in [0.5, 0.6) is 0 Å². The first kappa shape index (κ1) is 26.9. The fourth-order valence-corrected chi connectivity index (χ4v) is 7.00. The van der Waals surface area contributed by atoms with E-state index >= 15 is 0 Å². The molecular weight excluding hydrogens is 475 g/mol. The highest BCUT2D eigenvalue weighted by molar-refractivity contribution is 5.62. The summed E-state index contributed by atoms with van der Waals surface area (Å²) in [6, 6.07) is 6.40. The number of nitrogens with two attached hydrogens (primary N) is 1. The van der Waals surface area contributed by atoms with Gasteiger partial charge in [0.25, 0.3) is 0 Å². The van der Waals surface area contributed by atoms with Crippen molar-refractivity contribution in [2.24, 2.45) is 0 Å². The Balaban J connectivity index is 0.000000244. The summed E-state index contributed by atoms with van der Waals surface area (Å²) in [7, 11) is 0. The number of alkyl halides is 1. The summed E-state index contributed by atoms with van der Waals surface area (Å²) in [5.41, 5.74) is 12.6. The second kappa shape index (κ2) is 11.2. The van der Waals surface area contributed by atoms with E-state index in [1.807, 2.05) is 6.07 Å². The highest BCUT2D eigenvalue weighted by atomic mass is 19.1. The summed E-state index contributed by atoms with van der Waals surface area (Å²) >= 11 is 0. The van der Waals surface area contributed by atoms with Crippen LogP contribution in [0.2, 0.25) is 0 Å². The lowest BCUT2D eigenvalue weighted by molar-refractivity contribution is 0.217. The Bertz CT molecular complexity index is 1200. The van der Waals surface area contributed by atoms with Crippen LogP contribution in [-0.2, 0) is 25.7 Å². The van der Waals surface area contributed by atoms with Gasteiger partial charge in [0.2, 0.25) is 0 Å². The molecule has 0 bridgehead atoms. The number of rotatable bonds is 5. The summed E-state index contributed by atoms with van der Waals surface area (Å²) in [6.07, 6.45) is 9.70. The van der Waals surface area contributed by atoms with Gasteiger partial charge in [-0.05, 0) is 87.9 Å². The van der Waals surface area contributed by atoms with Gasteiger partial charge in [-0.1, -0.05) is 26.3 Å². The minimum Gasteiger partial charge on any atom is -0.398 e. The van der Waals surface area contributed by atoms with E-state index in [0.29, 0.717) is 23.7 Å². The first-order chi connectivity index (χ1) is 18.4. The van der Waals surface area contributed by atoms with Crippen LogP contribution in [0.25, 0.3) is 0 Å². The maximum Gasteiger partial charge on any atom is 0.135 e. The van der Waals surface area contributed by atoms with Crippen molar-refractivity contribution in [2.75, 3.05) is 36.8 Å². The number of anilines is 2. The number of nitrogens with zero attached hydrogens (tertiary/aromatic N) is 5. The summed E-state index contributed by atoms with van der Waals surface area (Å²) in [5, 5.41) is 9.79. The average molecular weight is 519 g/mol. The Kier molecular flexibility index (Phi) is 7.90. The van der Waals surface area contributed by atoms with Crippen molar-refractivity contribution in [1.82, 2.24) is 14.9 Å². The zero-order valence-electron chi connectivity index (χ0n) is 23.4. The van der Waals surface area contributed by atoms with Crippen LogP contribution in [0.3, 0.4) is 0 Å². The van der Waals surface area contributed by atoms with Crippen LogP contribution in [0.15, 0.2) is 12.1 Å². The van der Waals surface area contributed by atoms with E-state index in [-0.39, 0.29) is 5.54 Å². The van der Waals surface area contributed by atoms with E-state index in [1.54, 1.807) is 0 Å². The van der Waals surface area contributed by atoms with Crippen LogP contribution in [0.4, 0.5) is 15.9 Å². The molecule has 0 saturated carbocycles. The molecule has 4 heterocycles. The van der Waals surface area contributed by atoms with Crippen LogP contribution >= 0.6 is 0 Å². The third-order valence-corrected chi connectivity index (χ3v) is 9.17. The van der Waals surface area contributed by atoms with Gasteiger partial charge in [0.05, 0.1) is 11.3 Å². The second-order valence-electron chi connectivity index (χ2n) is 11.8. The van der Waals surface area contributed by atoms with Gasteiger partial charge in [-0.15, -0.1) is 0 Å². The topological polar surface area (TPSA) is 82.1 Å². The van der Waals surface area contributed by atoms with E-state index in [0.717, 1.165) is 81.8 Å². The molecule has 3 atom stereocenters. The maximum atomic E-state index is 12.8. The first-order valence-corrected chi connectivity index (χ1v) is 14.7. The molecule has 3 saturated heterocycles. The molecule has 4 aliphatic rings. The molecule has 3 unspecified atom stereocenters. The average Bonchev–Trinajstić information content (AvgIpc) is 3.36. The van der Waals surface area contributed by atoms with Crippen molar-refractivity contribution in [2.45, 2.75) is 103 Å². The molecule has 6 nitrogen and oxygen atoms in total. The van der Waals surface area contributed by atoms with Crippen molar-refractivity contribution in [3.63, 3.8) is 0 Å². The van der Waals surface area contributed by atoms with Gasteiger partial charge in [-0.2, -0.15) is 5.26 Å². The number of halogens is 1. The number of nitrogen functional groups attached to an aromatic ring is 1. The van der Waals surface area contributed by atoms with Crippen LogP contribution in [0, 0.1) is 11.3 Å². The van der Waals surface area contributed by atoms with Crippen LogP contribution < -0.4 is 10.6 Å². The lowest BCUT2D eigenvalue weighted by atomic mass is 9.78. The van der Waals surface area contributed by atoms with E-state index in [9.17, 15) is 9.65 Å². The summed E-state index contributed by atoms with van der Waals surface area (Å²) in [4.78, 5) is 14.5. The Morgan fingerprint density at radius 1 is 1.18 bits per heavy atom. The van der Waals surface area contributed by atoms with Crippen LogP contribution in [-0.4, -0.2) is 52.8 Å². The molecule has 7 heteroatoms. The van der Waals surface area contributed by atoms with Gasteiger partial charge >= 0.3 is 0 Å². The van der Waals surface area contributed by atoms with E-state index in [4.69, 9.17) is 15.7 Å². The number of aromatic nitrogens is 2. The quantitative estimate of drug-likeness (QED) is 0.526. The predicted octanol–water partition coefficient (Wildman–Crippen LogP) is 5.51. The molecule has 1 aliphatic carbocycles. The fraction of sp³-hybridized carbons (Fsp3) is 0.645. The molecular formula is C31H43FN6. The Labute approximate surface area is 227 Å². The standard InChI is InChI=1S/C23H29N5.C8H14FN/c1-3-6-15-8-10-19(25)18(14-24)22(15)16-7-9-17-20(13-16)26-21(4-2)27-23(17)28-11-5-12-28;1-8-3-2-4-10(8)6-7(9)5-8/h8,10,16H,3-7,9,11-13,25H2,1-2H3;7H,2-6H2,1H3. The predicted molar refractivity (Wildman–Crippen MR) is 151 cm³/mol. The minimum absolute atomic E-state index is 0.236. The van der Waals surface area contributed by atoms with Gasteiger partial charge in [-0.3, -0.25) is 4.90 Å². The summed E-state index contributed by atoms with van der Waals surface area (Å²) < 4.78 is 12.8. The Morgan fingerprint density at radius 2 is 2.00 bits per heavy atom. The second-order valence-corrected chi connectivity index (χ2v) is 11.8. The number of aryl methyl sites for hydroxylation is 2. The van der Waals surface area contributed by atoms with Crippen LogP contribution in [0.1, 0.15) is 99.0 Å². The third-order valence-electron chi connectivity index (χ3n) is 9.17. The van der Waals surface area contributed by atoms with E-state index in [2.05, 4.69) is 42.7 Å². The van der Waals surface area contributed by atoms with Crippen molar-refractivity contribution in [3.05, 3.63) is 45.9 Å². The molecule has 3 aliphatic heterocycles. The minimum atomic E-state index is -0.551. The van der Waals surface area contributed by atoms with Gasteiger partial charge in [0.15, 0.2) is 0 Å². The maximum absolute atomic E-state index is 12.8.